The standard InChI is InChI=1S/C14H14N2O/c1-10(9-17)16-14-7-6-11(8-15)12-4-2-3-5-13(12)14/h2-7,10,16-17H,9H2,1H3. The summed E-state index contributed by atoms with van der Waals surface area (Å²) < 4.78 is 0. The molecule has 2 rings (SSSR count). The molecule has 0 spiro atoms. The second-order valence-electron chi connectivity index (χ2n) is 4.05. The van der Waals surface area contributed by atoms with Gasteiger partial charge in [0.1, 0.15) is 0 Å². The molecule has 0 aliphatic heterocycles. The third-order valence-electron chi connectivity index (χ3n) is 2.72. The van der Waals surface area contributed by atoms with E-state index in [-0.39, 0.29) is 12.6 Å². The average molecular weight is 226 g/mol. The van der Waals surface area contributed by atoms with Crippen molar-refractivity contribution in [3.63, 3.8) is 0 Å². The molecule has 17 heavy (non-hydrogen) atoms. The molecular weight excluding hydrogens is 212 g/mol. The number of aliphatic hydroxyl groups excluding tert-OH is 1. The largest absolute Gasteiger partial charge is 0.394 e. The predicted molar refractivity (Wildman–Crippen MR) is 68.8 cm³/mol. The van der Waals surface area contributed by atoms with Gasteiger partial charge in [-0.25, -0.2) is 0 Å². The Balaban J connectivity index is 2.55. The number of hydrogen-bond donors (Lipinski definition) is 2. The highest BCUT2D eigenvalue weighted by molar-refractivity contribution is 5.97. The Bertz CT molecular complexity index is 572. The van der Waals surface area contributed by atoms with Crippen molar-refractivity contribution in [3.05, 3.63) is 42.0 Å². The van der Waals surface area contributed by atoms with E-state index in [1.165, 1.54) is 0 Å². The van der Waals surface area contributed by atoms with E-state index in [4.69, 9.17) is 10.4 Å². The van der Waals surface area contributed by atoms with Crippen LogP contribution in [0.3, 0.4) is 0 Å². The van der Waals surface area contributed by atoms with Crippen molar-refractivity contribution in [1.82, 2.24) is 0 Å². The smallest absolute Gasteiger partial charge is 0.0998 e. The van der Waals surface area contributed by atoms with Crippen LogP contribution in [0.2, 0.25) is 0 Å². The number of fused-ring (bicyclic) bond motifs is 1. The molecule has 86 valence electrons. The van der Waals surface area contributed by atoms with Crippen molar-refractivity contribution in [2.24, 2.45) is 0 Å². The Morgan fingerprint density at radius 3 is 2.59 bits per heavy atom. The summed E-state index contributed by atoms with van der Waals surface area (Å²) in [6, 6.07) is 13.6. The van der Waals surface area contributed by atoms with Gasteiger partial charge in [0, 0.05) is 22.5 Å². The fourth-order valence-corrected chi connectivity index (χ4v) is 1.83. The fraction of sp³-hybridized carbons (Fsp3) is 0.214. The molecule has 0 amide bonds. The van der Waals surface area contributed by atoms with E-state index in [1.54, 1.807) is 6.07 Å². The van der Waals surface area contributed by atoms with Gasteiger partial charge >= 0.3 is 0 Å². The van der Waals surface area contributed by atoms with E-state index in [0.717, 1.165) is 16.5 Å². The second kappa shape index (κ2) is 4.86. The Morgan fingerprint density at radius 2 is 1.94 bits per heavy atom. The highest BCUT2D eigenvalue weighted by Crippen LogP contribution is 2.26. The molecular formula is C14H14N2O. The van der Waals surface area contributed by atoms with Crippen LogP contribution in [0.4, 0.5) is 5.69 Å². The van der Waals surface area contributed by atoms with E-state index < -0.39 is 0 Å². The van der Waals surface area contributed by atoms with Gasteiger partial charge in [-0.2, -0.15) is 5.26 Å². The fourth-order valence-electron chi connectivity index (χ4n) is 1.83. The molecule has 0 saturated heterocycles. The van der Waals surface area contributed by atoms with Gasteiger partial charge < -0.3 is 10.4 Å². The average Bonchev–Trinajstić information content (AvgIpc) is 2.39. The SMILES string of the molecule is CC(CO)Nc1ccc(C#N)c2ccccc12. The number of rotatable bonds is 3. The molecule has 2 aromatic carbocycles. The summed E-state index contributed by atoms with van der Waals surface area (Å²) >= 11 is 0. The Hall–Kier alpha value is -2.05. The second-order valence-corrected chi connectivity index (χ2v) is 4.05. The van der Waals surface area contributed by atoms with Crippen LogP contribution in [-0.2, 0) is 0 Å². The van der Waals surface area contributed by atoms with E-state index in [2.05, 4.69) is 11.4 Å². The molecule has 2 aromatic rings. The summed E-state index contributed by atoms with van der Waals surface area (Å²) in [6.07, 6.45) is 0. The van der Waals surface area contributed by atoms with Crippen molar-refractivity contribution in [2.45, 2.75) is 13.0 Å². The lowest BCUT2D eigenvalue weighted by Crippen LogP contribution is -2.19. The van der Waals surface area contributed by atoms with E-state index >= 15 is 0 Å². The molecule has 3 nitrogen and oxygen atoms in total. The summed E-state index contributed by atoms with van der Waals surface area (Å²) in [5, 5.41) is 23.3. The molecule has 0 fully saturated rings. The Kier molecular flexibility index (Phi) is 3.27. The van der Waals surface area contributed by atoms with Crippen LogP contribution in [0.1, 0.15) is 12.5 Å². The van der Waals surface area contributed by atoms with E-state index in [9.17, 15) is 0 Å². The molecule has 0 radical (unpaired) electrons. The van der Waals surface area contributed by atoms with Crippen LogP contribution in [0.5, 0.6) is 0 Å². The molecule has 0 saturated carbocycles. The minimum Gasteiger partial charge on any atom is -0.394 e. The van der Waals surface area contributed by atoms with Crippen molar-refractivity contribution in [1.29, 1.82) is 5.26 Å². The van der Waals surface area contributed by atoms with E-state index in [1.807, 2.05) is 37.3 Å². The lowest BCUT2D eigenvalue weighted by molar-refractivity contribution is 0.281. The van der Waals surface area contributed by atoms with Gasteiger partial charge in [0.2, 0.25) is 0 Å². The monoisotopic (exact) mass is 226 g/mol. The maximum atomic E-state index is 9.05. The summed E-state index contributed by atoms with van der Waals surface area (Å²) in [4.78, 5) is 0. The Labute approximate surface area is 100 Å². The molecule has 0 bridgehead atoms. The topological polar surface area (TPSA) is 56.0 Å². The van der Waals surface area contributed by atoms with E-state index in [0.29, 0.717) is 5.56 Å². The number of nitriles is 1. The number of anilines is 1. The van der Waals surface area contributed by atoms with Gasteiger partial charge in [-0.1, -0.05) is 24.3 Å². The normalized spacial score (nSPS) is 12.1. The van der Waals surface area contributed by atoms with Crippen LogP contribution < -0.4 is 5.32 Å². The molecule has 1 unspecified atom stereocenters. The number of hydrogen-bond acceptors (Lipinski definition) is 3. The highest BCUT2D eigenvalue weighted by Gasteiger charge is 2.07. The summed E-state index contributed by atoms with van der Waals surface area (Å²) in [6.45, 7) is 1.99. The van der Waals surface area contributed by atoms with Gasteiger partial charge in [0.25, 0.3) is 0 Å². The van der Waals surface area contributed by atoms with Gasteiger partial charge in [-0.05, 0) is 19.1 Å². The molecule has 3 heteroatoms. The van der Waals surface area contributed by atoms with Gasteiger partial charge in [0.15, 0.2) is 0 Å². The molecule has 0 aromatic heterocycles. The molecule has 0 heterocycles. The third kappa shape index (κ3) is 2.22. The summed E-state index contributed by atoms with van der Waals surface area (Å²) in [5.74, 6) is 0. The van der Waals surface area contributed by atoms with Crippen LogP contribution in [-0.4, -0.2) is 17.8 Å². The summed E-state index contributed by atoms with van der Waals surface area (Å²) in [5.41, 5.74) is 1.61. The zero-order chi connectivity index (χ0) is 12.3. The molecule has 2 N–H and O–H groups in total. The highest BCUT2D eigenvalue weighted by atomic mass is 16.3. The number of aliphatic hydroxyl groups is 1. The first-order valence-electron chi connectivity index (χ1n) is 5.55. The quantitative estimate of drug-likeness (QED) is 0.845. The summed E-state index contributed by atoms with van der Waals surface area (Å²) in [7, 11) is 0. The third-order valence-corrected chi connectivity index (χ3v) is 2.72. The van der Waals surface area contributed by atoms with Crippen LogP contribution in [0, 0.1) is 11.3 Å². The minimum absolute atomic E-state index is 0.00802. The Morgan fingerprint density at radius 1 is 1.24 bits per heavy atom. The van der Waals surface area contributed by atoms with Crippen molar-refractivity contribution in [3.8, 4) is 6.07 Å². The maximum absolute atomic E-state index is 9.05. The molecule has 0 aliphatic rings. The zero-order valence-electron chi connectivity index (χ0n) is 9.64. The molecule has 1 atom stereocenters. The first kappa shape index (κ1) is 11.4. The van der Waals surface area contributed by atoms with Crippen molar-refractivity contribution in [2.75, 3.05) is 11.9 Å². The lowest BCUT2D eigenvalue weighted by atomic mass is 10.0. The van der Waals surface area contributed by atoms with Gasteiger partial charge in [0.05, 0.1) is 18.2 Å². The first-order valence-corrected chi connectivity index (χ1v) is 5.55. The number of nitrogens with one attached hydrogen (secondary N) is 1. The van der Waals surface area contributed by atoms with Crippen LogP contribution in [0.25, 0.3) is 10.8 Å². The zero-order valence-corrected chi connectivity index (χ0v) is 9.64. The predicted octanol–water partition coefficient (Wildman–Crippen LogP) is 2.50. The maximum Gasteiger partial charge on any atom is 0.0998 e. The van der Waals surface area contributed by atoms with Crippen LogP contribution >= 0.6 is 0 Å². The first-order chi connectivity index (χ1) is 8.26. The van der Waals surface area contributed by atoms with Gasteiger partial charge in [-0.15, -0.1) is 0 Å². The lowest BCUT2D eigenvalue weighted by Gasteiger charge is -2.15. The van der Waals surface area contributed by atoms with Crippen LogP contribution in [0.15, 0.2) is 36.4 Å². The molecule has 0 aliphatic carbocycles. The van der Waals surface area contributed by atoms with Gasteiger partial charge in [-0.3, -0.25) is 0 Å². The minimum atomic E-state index is -0.00802. The van der Waals surface area contributed by atoms with Crippen molar-refractivity contribution >= 4 is 16.5 Å². The van der Waals surface area contributed by atoms with Crippen molar-refractivity contribution < 1.29 is 5.11 Å². The number of benzene rings is 2. The number of nitrogens with zero attached hydrogens (tertiary/aromatic N) is 1.